The summed E-state index contributed by atoms with van der Waals surface area (Å²) in [7, 11) is 0. The maximum Gasteiger partial charge on any atom is 0.155 e. The summed E-state index contributed by atoms with van der Waals surface area (Å²) in [5.41, 5.74) is 6.29. The Morgan fingerprint density at radius 1 is 0.692 bits per heavy atom. The van der Waals surface area contributed by atoms with Gasteiger partial charge < -0.3 is 4.40 Å². The van der Waals surface area contributed by atoms with E-state index in [0.29, 0.717) is 0 Å². The van der Waals surface area contributed by atoms with Crippen molar-refractivity contribution in [1.82, 2.24) is 24.0 Å². The van der Waals surface area contributed by atoms with Crippen LogP contribution in [0.5, 0.6) is 0 Å². The molecular formula is C21H31N5. The van der Waals surface area contributed by atoms with Crippen molar-refractivity contribution < 1.29 is 0 Å². The first-order valence-corrected chi connectivity index (χ1v) is 9.23. The standard InChI is InChI=1S/C9H10N2.C8H9N3.2C2H6/c1-7-3-4-9-10-8(2)6-11(9)5-7;1-6-3-4-11-8(9-6)5-7(2)10-11;2*1-2/h3-6H,1-2H3;3-5H,1-2H3;2*1-2H3. The maximum absolute atomic E-state index is 4.32. The van der Waals surface area contributed by atoms with E-state index in [0.717, 1.165) is 28.4 Å². The summed E-state index contributed by atoms with van der Waals surface area (Å²) in [6.07, 6.45) is 6.03. The Kier molecular flexibility index (Phi) is 8.49. The summed E-state index contributed by atoms with van der Waals surface area (Å²) in [5, 5.41) is 4.21. The molecule has 4 aromatic rings. The Morgan fingerprint density at radius 3 is 2.04 bits per heavy atom. The van der Waals surface area contributed by atoms with Crippen LogP contribution in [0.25, 0.3) is 11.3 Å². The van der Waals surface area contributed by atoms with Gasteiger partial charge in [0.15, 0.2) is 5.65 Å². The lowest BCUT2D eigenvalue weighted by Crippen LogP contribution is -1.90. The van der Waals surface area contributed by atoms with Gasteiger partial charge in [-0.3, -0.25) is 0 Å². The van der Waals surface area contributed by atoms with Crippen LogP contribution in [0.15, 0.2) is 42.9 Å². The molecule has 0 spiro atoms. The summed E-state index contributed by atoms with van der Waals surface area (Å²) in [6, 6.07) is 8.01. The lowest BCUT2D eigenvalue weighted by Gasteiger charge is -1.92. The Hall–Kier alpha value is -2.69. The van der Waals surface area contributed by atoms with Crippen molar-refractivity contribution in [2.45, 2.75) is 55.4 Å². The van der Waals surface area contributed by atoms with Gasteiger partial charge in [0, 0.05) is 30.4 Å². The molecule has 0 amide bonds. The largest absolute Gasteiger partial charge is 0.307 e. The van der Waals surface area contributed by atoms with Crippen LogP contribution in [-0.2, 0) is 0 Å². The number of nitrogens with zero attached hydrogens (tertiary/aromatic N) is 5. The van der Waals surface area contributed by atoms with Crippen LogP contribution in [0.4, 0.5) is 0 Å². The summed E-state index contributed by atoms with van der Waals surface area (Å²) in [6.45, 7) is 16.0. The van der Waals surface area contributed by atoms with Crippen molar-refractivity contribution in [3.05, 3.63) is 65.5 Å². The number of imidazole rings is 1. The van der Waals surface area contributed by atoms with E-state index in [9.17, 15) is 0 Å². The third kappa shape index (κ3) is 5.69. The number of fused-ring (bicyclic) bond motifs is 2. The topological polar surface area (TPSA) is 47.5 Å². The third-order valence-electron chi connectivity index (χ3n) is 3.31. The predicted octanol–water partition coefficient (Wildman–Crippen LogP) is 5.35. The molecule has 5 nitrogen and oxygen atoms in total. The number of pyridine rings is 1. The quantitative estimate of drug-likeness (QED) is 0.428. The van der Waals surface area contributed by atoms with Crippen LogP contribution in [0, 0.1) is 27.7 Å². The molecule has 0 aliphatic carbocycles. The van der Waals surface area contributed by atoms with Crippen LogP contribution in [0.2, 0.25) is 0 Å². The normalized spacial score (nSPS) is 9.54. The molecule has 26 heavy (non-hydrogen) atoms. The minimum Gasteiger partial charge on any atom is -0.307 e. The van der Waals surface area contributed by atoms with Crippen LogP contribution in [0.1, 0.15) is 50.3 Å². The Labute approximate surface area is 156 Å². The highest BCUT2D eigenvalue weighted by Gasteiger charge is 1.97. The van der Waals surface area contributed by atoms with E-state index in [-0.39, 0.29) is 0 Å². The first kappa shape index (κ1) is 21.4. The lowest BCUT2D eigenvalue weighted by atomic mass is 10.3. The summed E-state index contributed by atoms with van der Waals surface area (Å²) >= 11 is 0. The van der Waals surface area contributed by atoms with Crippen LogP contribution < -0.4 is 0 Å². The van der Waals surface area contributed by atoms with Crippen molar-refractivity contribution in [3.8, 4) is 0 Å². The van der Waals surface area contributed by atoms with E-state index in [1.807, 2.05) is 83.5 Å². The highest BCUT2D eigenvalue weighted by molar-refractivity contribution is 5.41. The zero-order valence-corrected chi connectivity index (χ0v) is 17.3. The second kappa shape index (κ2) is 10.3. The van der Waals surface area contributed by atoms with Gasteiger partial charge >= 0.3 is 0 Å². The van der Waals surface area contributed by atoms with Gasteiger partial charge in [0.2, 0.25) is 0 Å². The lowest BCUT2D eigenvalue weighted by molar-refractivity contribution is 0.909. The Balaban J connectivity index is 0.000000219. The molecule has 0 saturated heterocycles. The van der Waals surface area contributed by atoms with E-state index < -0.39 is 0 Å². The first-order valence-electron chi connectivity index (χ1n) is 9.23. The number of rotatable bonds is 0. The van der Waals surface area contributed by atoms with Gasteiger partial charge in [0.05, 0.1) is 11.4 Å². The molecular weight excluding hydrogens is 322 g/mol. The van der Waals surface area contributed by atoms with E-state index in [4.69, 9.17) is 0 Å². The smallest absolute Gasteiger partial charge is 0.155 e. The molecule has 0 unspecified atom stereocenters. The fourth-order valence-electron chi connectivity index (χ4n) is 2.32. The van der Waals surface area contributed by atoms with Gasteiger partial charge in [-0.1, -0.05) is 33.8 Å². The van der Waals surface area contributed by atoms with Gasteiger partial charge in [-0.2, -0.15) is 5.10 Å². The highest BCUT2D eigenvalue weighted by atomic mass is 15.2. The molecule has 140 valence electrons. The molecule has 4 heterocycles. The van der Waals surface area contributed by atoms with Gasteiger partial charge in [-0.05, 0) is 45.4 Å². The molecule has 5 heteroatoms. The van der Waals surface area contributed by atoms with Gasteiger partial charge in [0.1, 0.15) is 5.65 Å². The Morgan fingerprint density at radius 2 is 1.35 bits per heavy atom. The molecule has 0 atom stereocenters. The molecule has 0 fully saturated rings. The summed E-state index contributed by atoms with van der Waals surface area (Å²) in [5.74, 6) is 0. The van der Waals surface area contributed by atoms with Crippen LogP contribution >= 0.6 is 0 Å². The predicted molar refractivity (Wildman–Crippen MR) is 110 cm³/mol. The average Bonchev–Trinajstić information content (AvgIpc) is 3.18. The first-order chi connectivity index (χ1) is 12.5. The minimum atomic E-state index is 0.919. The number of hydrogen-bond donors (Lipinski definition) is 0. The summed E-state index contributed by atoms with van der Waals surface area (Å²) in [4.78, 5) is 8.61. The van der Waals surface area contributed by atoms with Gasteiger partial charge in [-0.15, -0.1) is 0 Å². The molecule has 0 aliphatic rings. The van der Waals surface area contributed by atoms with E-state index in [2.05, 4.69) is 34.3 Å². The van der Waals surface area contributed by atoms with Gasteiger partial charge in [0.25, 0.3) is 0 Å². The second-order valence-electron chi connectivity index (χ2n) is 5.51. The monoisotopic (exact) mass is 353 g/mol. The number of aromatic nitrogens is 5. The van der Waals surface area contributed by atoms with E-state index in [1.165, 1.54) is 5.56 Å². The molecule has 0 radical (unpaired) electrons. The van der Waals surface area contributed by atoms with Crippen molar-refractivity contribution in [1.29, 1.82) is 0 Å². The zero-order chi connectivity index (χ0) is 19.7. The highest BCUT2D eigenvalue weighted by Crippen LogP contribution is 2.05. The van der Waals surface area contributed by atoms with Crippen molar-refractivity contribution in [2.24, 2.45) is 0 Å². The molecule has 4 rings (SSSR count). The number of aryl methyl sites for hydroxylation is 4. The zero-order valence-electron chi connectivity index (χ0n) is 17.3. The fourth-order valence-corrected chi connectivity index (χ4v) is 2.32. The minimum absolute atomic E-state index is 0.919. The molecule has 0 aromatic carbocycles. The molecule has 0 bridgehead atoms. The van der Waals surface area contributed by atoms with Gasteiger partial charge in [-0.25, -0.2) is 14.5 Å². The van der Waals surface area contributed by atoms with E-state index >= 15 is 0 Å². The second-order valence-corrected chi connectivity index (χ2v) is 5.51. The SMILES string of the molecule is CC.CC.Cc1ccc2nc(C)cn2c1.Cc1ccn2nc(C)cc2n1. The van der Waals surface area contributed by atoms with E-state index in [1.54, 1.807) is 4.52 Å². The third-order valence-corrected chi connectivity index (χ3v) is 3.31. The molecule has 0 saturated carbocycles. The maximum atomic E-state index is 4.32. The van der Waals surface area contributed by atoms with Crippen molar-refractivity contribution in [3.63, 3.8) is 0 Å². The summed E-state index contributed by atoms with van der Waals surface area (Å²) < 4.78 is 3.83. The molecule has 0 N–H and O–H groups in total. The Bertz CT molecular complexity index is 856. The van der Waals surface area contributed by atoms with Crippen LogP contribution in [0.3, 0.4) is 0 Å². The van der Waals surface area contributed by atoms with Crippen molar-refractivity contribution in [2.75, 3.05) is 0 Å². The van der Waals surface area contributed by atoms with Crippen LogP contribution in [-0.4, -0.2) is 24.0 Å². The fraction of sp³-hybridized carbons (Fsp3) is 0.381. The van der Waals surface area contributed by atoms with Crippen molar-refractivity contribution >= 4 is 11.3 Å². The number of hydrogen-bond acceptors (Lipinski definition) is 3. The average molecular weight is 354 g/mol. The molecule has 0 aliphatic heterocycles. The molecule has 4 aromatic heterocycles.